The van der Waals surface area contributed by atoms with E-state index in [1.165, 1.54) is 5.69 Å². The fraction of sp³-hybridized carbons (Fsp3) is 0.625. The molecule has 1 aliphatic heterocycles. The van der Waals surface area contributed by atoms with E-state index in [1.54, 1.807) is 0 Å². The molecule has 1 aromatic rings. The average molecular weight is 263 g/mol. The molecule has 19 heavy (non-hydrogen) atoms. The van der Waals surface area contributed by atoms with Crippen LogP contribution in [0.4, 0.5) is 5.69 Å². The van der Waals surface area contributed by atoms with Crippen LogP contribution in [0.2, 0.25) is 0 Å². The summed E-state index contributed by atoms with van der Waals surface area (Å²) in [6.07, 6.45) is 4.75. The second-order valence-corrected chi connectivity index (χ2v) is 5.14. The third kappa shape index (κ3) is 4.43. The molecule has 0 aliphatic carbocycles. The average Bonchev–Trinajstić information content (AvgIpc) is 2.47. The van der Waals surface area contributed by atoms with Crippen LogP contribution in [0.15, 0.2) is 24.3 Å². The molecule has 2 rings (SSSR count). The van der Waals surface area contributed by atoms with Crippen LogP contribution in [-0.4, -0.2) is 25.4 Å². The van der Waals surface area contributed by atoms with Gasteiger partial charge in [0.05, 0.1) is 12.7 Å². The van der Waals surface area contributed by atoms with Crippen molar-refractivity contribution in [2.75, 3.05) is 18.5 Å². The Morgan fingerprint density at radius 1 is 1.26 bits per heavy atom. The zero-order valence-corrected chi connectivity index (χ0v) is 12.0. The minimum Gasteiger partial charge on any atom is -0.494 e. The summed E-state index contributed by atoms with van der Waals surface area (Å²) in [5.41, 5.74) is 1.17. The fourth-order valence-electron chi connectivity index (χ4n) is 2.40. The van der Waals surface area contributed by atoms with Crippen LogP contribution < -0.4 is 10.1 Å². The molecule has 1 fully saturated rings. The van der Waals surface area contributed by atoms with Crippen molar-refractivity contribution in [2.24, 2.45) is 0 Å². The summed E-state index contributed by atoms with van der Waals surface area (Å²) >= 11 is 0. The zero-order valence-electron chi connectivity index (χ0n) is 12.0. The van der Waals surface area contributed by atoms with Crippen molar-refractivity contribution in [2.45, 2.75) is 51.7 Å². The zero-order chi connectivity index (χ0) is 13.5. The predicted octanol–water partition coefficient (Wildman–Crippen LogP) is 3.84. The van der Waals surface area contributed by atoms with Crippen LogP contribution in [0, 0.1) is 0 Å². The van der Waals surface area contributed by atoms with E-state index in [0.29, 0.717) is 12.1 Å². The van der Waals surface area contributed by atoms with Gasteiger partial charge in [-0.2, -0.15) is 0 Å². The summed E-state index contributed by atoms with van der Waals surface area (Å²) in [4.78, 5) is 0. The molecule has 0 amide bonds. The third-order valence-electron chi connectivity index (χ3n) is 3.52. The first-order valence-corrected chi connectivity index (χ1v) is 7.42. The molecule has 2 unspecified atom stereocenters. The van der Waals surface area contributed by atoms with Crippen LogP contribution in [0.3, 0.4) is 0 Å². The number of ether oxygens (including phenoxy) is 2. The minimum atomic E-state index is 0.415. The highest BCUT2D eigenvalue weighted by molar-refractivity contribution is 5.47. The molecule has 1 aromatic carbocycles. The molecule has 0 bridgehead atoms. The molecule has 0 spiro atoms. The second kappa shape index (κ2) is 7.39. The highest BCUT2D eigenvalue weighted by Crippen LogP contribution is 2.22. The number of benzene rings is 1. The molecule has 0 radical (unpaired) electrons. The van der Waals surface area contributed by atoms with Crippen molar-refractivity contribution < 1.29 is 9.47 Å². The van der Waals surface area contributed by atoms with E-state index in [2.05, 4.69) is 31.3 Å². The van der Waals surface area contributed by atoms with Gasteiger partial charge in [0.25, 0.3) is 0 Å². The molecular formula is C16H25NO2. The molecule has 2 atom stereocenters. The maximum atomic E-state index is 5.70. The summed E-state index contributed by atoms with van der Waals surface area (Å²) < 4.78 is 11.3. The number of anilines is 1. The molecule has 1 aliphatic rings. The minimum absolute atomic E-state index is 0.415. The van der Waals surface area contributed by atoms with Gasteiger partial charge in [0, 0.05) is 18.3 Å². The van der Waals surface area contributed by atoms with Crippen LogP contribution >= 0.6 is 0 Å². The Morgan fingerprint density at radius 3 is 2.74 bits per heavy atom. The van der Waals surface area contributed by atoms with Gasteiger partial charge in [0.15, 0.2) is 0 Å². The monoisotopic (exact) mass is 263 g/mol. The van der Waals surface area contributed by atoms with Gasteiger partial charge in [0.1, 0.15) is 5.75 Å². The quantitative estimate of drug-likeness (QED) is 0.845. The van der Waals surface area contributed by atoms with Crippen LogP contribution in [0.25, 0.3) is 0 Å². The summed E-state index contributed by atoms with van der Waals surface area (Å²) in [6.45, 7) is 5.96. The first-order chi connectivity index (χ1) is 9.31. The van der Waals surface area contributed by atoms with E-state index >= 15 is 0 Å². The summed E-state index contributed by atoms with van der Waals surface area (Å²) in [7, 11) is 0. The Balaban J connectivity index is 1.85. The highest BCUT2D eigenvalue weighted by atomic mass is 16.5. The Bertz CT molecular complexity index is 364. The number of rotatable bonds is 6. The first-order valence-electron chi connectivity index (χ1n) is 7.42. The maximum absolute atomic E-state index is 5.70. The summed E-state index contributed by atoms with van der Waals surface area (Å²) in [5, 5.41) is 3.59. The van der Waals surface area contributed by atoms with Crippen molar-refractivity contribution in [3.8, 4) is 5.75 Å². The lowest BCUT2D eigenvalue weighted by molar-refractivity contribution is 0.00925. The Labute approximate surface area is 116 Å². The largest absolute Gasteiger partial charge is 0.494 e. The van der Waals surface area contributed by atoms with Crippen molar-refractivity contribution in [1.82, 2.24) is 0 Å². The summed E-state index contributed by atoms with van der Waals surface area (Å²) in [6, 6.07) is 8.80. The van der Waals surface area contributed by atoms with Gasteiger partial charge >= 0.3 is 0 Å². The standard InChI is InChI=1S/C16H25NO2/c1-3-10-18-16-7-5-13(6-8-16)17-14-9-11-19-15(4-2)12-14/h5-8,14-15,17H,3-4,9-12H2,1-2H3. The molecular weight excluding hydrogens is 238 g/mol. The van der Waals surface area contributed by atoms with Crippen molar-refractivity contribution in [3.05, 3.63) is 24.3 Å². The van der Waals surface area contributed by atoms with Gasteiger partial charge in [-0.05, 0) is 49.9 Å². The molecule has 3 nitrogen and oxygen atoms in total. The van der Waals surface area contributed by atoms with E-state index < -0.39 is 0 Å². The molecule has 3 heteroatoms. The Morgan fingerprint density at radius 2 is 2.05 bits per heavy atom. The van der Waals surface area contributed by atoms with Gasteiger partial charge in [-0.3, -0.25) is 0 Å². The predicted molar refractivity (Wildman–Crippen MR) is 78.9 cm³/mol. The van der Waals surface area contributed by atoms with Gasteiger partial charge in [0.2, 0.25) is 0 Å². The van der Waals surface area contributed by atoms with Gasteiger partial charge in [-0.25, -0.2) is 0 Å². The second-order valence-electron chi connectivity index (χ2n) is 5.14. The van der Waals surface area contributed by atoms with Crippen molar-refractivity contribution in [1.29, 1.82) is 0 Å². The van der Waals surface area contributed by atoms with Crippen molar-refractivity contribution >= 4 is 5.69 Å². The van der Waals surface area contributed by atoms with E-state index in [0.717, 1.165) is 44.6 Å². The molecule has 0 aromatic heterocycles. The van der Waals surface area contributed by atoms with Crippen molar-refractivity contribution in [3.63, 3.8) is 0 Å². The van der Waals surface area contributed by atoms with Crippen LogP contribution in [-0.2, 0) is 4.74 Å². The third-order valence-corrected chi connectivity index (χ3v) is 3.52. The molecule has 1 saturated heterocycles. The molecule has 0 saturated carbocycles. The lowest BCUT2D eigenvalue weighted by Gasteiger charge is -2.30. The van der Waals surface area contributed by atoms with E-state index in [9.17, 15) is 0 Å². The summed E-state index contributed by atoms with van der Waals surface area (Å²) in [5.74, 6) is 0.950. The number of hydrogen-bond acceptors (Lipinski definition) is 3. The van der Waals surface area contributed by atoms with Gasteiger partial charge < -0.3 is 14.8 Å². The Hall–Kier alpha value is -1.22. The van der Waals surface area contributed by atoms with E-state index in [4.69, 9.17) is 9.47 Å². The molecule has 1 N–H and O–H groups in total. The number of nitrogens with one attached hydrogen (secondary N) is 1. The Kier molecular flexibility index (Phi) is 5.52. The lowest BCUT2D eigenvalue weighted by atomic mass is 10.0. The fourth-order valence-corrected chi connectivity index (χ4v) is 2.40. The lowest BCUT2D eigenvalue weighted by Crippen LogP contribution is -2.33. The smallest absolute Gasteiger partial charge is 0.119 e. The molecule has 1 heterocycles. The SMILES string of the molecule is CCCOc1ccc(NC2CCOC(CC)C2)cc1. The topological polar surface area (TPSA) is 30.5 Å². The van der Waals surface area contributed by atoms with Crippen LogP contribution in [0.5, 0.6) is 5.75 Å². The first kappa shape index (κ1) is 14.2. The van der Waals surface area contributed by atoms with E-state index in [1.807, 2.05) is 12.1 Å². The number of hydrogen-bond donors (Lipinski definition) is 1. The molecule has 106 valence electrons. The van der Waals surface area contributed by atoms with E-state index in [-0.39, 0.29) is 0 Å². The van der Waals surface area contributed by atoms with Gasteiger partial charge in [-0.1, -0.05) is 13.8 Å². The van der Waals surface area contributed by atoms with Gasteiger partial charge in [-0.15, -0.1) is 0 Å². The normalized spacial score (nSPS) is 23.1. The maximum Gasteiger partial charge on any atom is 0.119 e. The van der Waals surface area contributed by atoms with Crippen LogP contribution in [0.1, 0.15) is 39.5 Å². The highest BCUT2D eigenvalue weighted by Gasteiger charge is 2.20.